The fourth-order valence-corrected chi connectivity index (χ4v) is 4.13. The van der Waals surface area contributed by atoms with Gasteiger partial charge in [-0.25, -0.2) is 4.52 Å². The van der Waals surface area contributed by atoms with Gasteiger partial charge >= 0.3 is 6.18 Å². The van der Waals surface area contributed by atoms with Crippen LogP contribution in [0.3, 0.4) is 0 Å². The van der Waals surface area contributed by atoms with Gasteiger partial charge in [0.05, 0.1) is 16.9 Å². The molecular weight excluding hydrogens is 561 g/mol. The normalized spacial score (nSPS) is 12.1. The summed E-state index contributed by atoms with van der Waals surface area (Å²) in [5.41, 5.74) is 6.21. The standard InChI is InChI=1S/C28H22ClF3N6O3/c1-27(2,40)14-41-22-11-20(16-6-10-21(35-12-16)28(30,31)32)38-26(36-22)23(15-3-7-18(29)8-4-15)24(37-38)17-5-9-19(25(33)39)34-13-17/h3-13,40H,14H2,1-2H3,(H2,33,39). The lowest BCUT2D eigenvalue weighted by Crippen LogP contribution is -2.28. The first kappa shape index (κ1) is 28.0. The van der Waals surface area contributed by atoms with Gasteiger partial charge in [-0.2, -0.15) is 23.3 Å². The number of carbonyl (C=O) groups excluding carboxylic acids is 1. The molecule has 3 N–H and O–H groups in total. The number of nitrogens with zero attached hydrogens (tertiary/aromatic N) is 5. The van der Waals surface area contributed by atoms with Crippen molar-refractivity contribution >= 4 is 23.2 Å². The van der Waals surface area contributed by atoms with Crippen LogP contribution >= 0.6 is 11.6 Å². The summed E-state index contributed by atoms with van der Waals surface area (Å²) in [4.78, 5) is 23.9. The SMILES string of the molecule is CC(C)(O)COc1cc(-c2ccc(C(F)(F)F)nc2)n2nc(-c3ccc(C(N)=O)nc3)c(-c3ccc(Cl)cc3)c2n1. The summed E-state index contributed by atoms with van der Waals surface area (Å²) < 4.78 is 46.9. The Bertz CT molecular complexity index is 1730. The van der Waals surface area contributed by atoms with E-state index in [1.54, 1.807) is 44.2 Å². The number of aliphatic hydroxyl groups is 1. The molecule has 0 atom stereocenters. The van der Waals surface area contributed by atoms with E-state index in [0.717, 1.165) is 12.3 Å². The molecular formula is C28H22ClF3N6O3. The zero-order chi connectivity index (χ0) is 29.5. The van der Waals surface area contributed by atoms with Crippen LogP contribution in [0.15, 0.2) is 67.0 Å². The van der Waals surface area contributed by atoms with Crippen molar-refractivity contribution in [2.75, 3.05) is 6.61 Å². The number of alkyl halides is 3. The molecule has 0 aliphatic carbocycles. The second kappa shape index (κ2) is 10.5. The van der Waals surface area contributed by atoms with E-state index in [-0.39, 0.29) is 18.2 Å². The quantitative estimate of drug-likeness (QED) is 0.261. The van der Waals surface area contributed by atoms with Crippen LogP contribution in [0.1, 0.15) is 30.0 Å². The van der Waals surface area contributed by atoms with Crippen molar-refractivity contribution in [1.29, 1.82) is 0 Å². The highest BCUT2D eigenvalue weighted by atomic mass is 35.5. The van der Waals surface area contributed by atoms with Crippen molar-refractivity contribution in [3.63, 3.8) is 0 Å². The van der Waals surface area contributed by atoms with E-state index in [1.165, 1.54) is 28.9 Å². The summed E-state index contributed by atoms with van der Waals surface area (Å²) >= 11 is 6.13. The molecule has 4 aromatic heterocycles. The number of ether oxygens (including phenoxy) is 1. The van der Waals surface area contributed by atoms with Gasteiger partial charge in [0.15, 0.2) is 5.65 Å². The molecule has 13 heteroatoms. The minimum Gasteiger partial charge on any atom is -0.475 e. The molecule has 1 aromatic carbocycles. The van der Waals surface area contributed by atoms with Gasteiger partial charge in [0, 0.05) is 34.6 Å². The first-order chi connectivity index (χ1) is 19.3. The van der Waals surface area contributed by atoms with Crippen molar-refractivity contribution in [2.45, 2.75) is 25.6 Å². The van der Waals surface area contributed by atoms with E-state index in [9.17, 15) is 23.1 Å². The van der Waals surface area contributed by atoms with Gasteiger partial charge in [-0.1, -0.05) is 23.7 Å². The fraction of sp³-hybridized carbons (Fsp3) is 0.179. The number of amides is 1. The van der Waals surface area contributed by atoms with E-state index in [1.807, 2.05) is 0 Å². The van der Waals surface area contributed by atoms with E-state index in [2.05, 4.69) is 15.0 Å². The van der Waals surface area contributed by atoms with Gasteiger partial charge in [-0.05, 0) is 55.8 Å². The molecule has 41 heavy (non-hydrogen) atoms. The van der Waals surface area contributed by atoms with Crippen molar-refractivity contribution in [2.24, 2.45) is 5.73 Å². The monoisotopic (exact) mass is 582 g/mol. The number of benzene rings is 1. The predicted molar refractivity (Wildman–Crippen MR) is 145 cm³/mol. The maximum Gasteiger partial charge on any atom is 0.433 e. The average molecular weight is 583 g/mol. The largest absolute Gasteiger partial charge is 0.475 e. The Morgan fingerprint density at radius 3 is 2.22 bits per heavy atom. The lowest BCUT2D eigenvalue weighted by atomic mass is 10.0. The molecule has 0 spiro atoms. The third-order valence-electron chi connectivity index (χ3n) is 5.91. The number of halogens is 4. The minimum atomic E-state index is -4.61. The number of hydrogen-bond acceptors (Lipinski definition) is 7. The molecule has 0 bridgehead atoms. The maximum atomic E-state index is 13.2. The van der Waals surface area contributed by atoms with Crippen LogP contribution in [-0.2, 0) is 6.18 Å². The average Bonchev–Trinajstić information content (AvgIpc) is 3.30. The highest BCUT2D eigenvalue weighted by Gasteiger charge is 2.32. The number of aromatic nitrogens is 5. The topological polar surface area (TPSA) is 129 Å². The van der Waals surface area contributed by atoms with Crippen LogP contribution in [0.4, 0.5) is 13.2 Å². The van der Waals surface area contributed by atoms with Gasteiger partial charge < -0.3 is 15.6 Å². The Morgan fingerprint density at radius 2 is 1.66 bits per heavy atom. The van der Waals surface area contributed by atoms with Gasteiger partial charge in [-0.15, -0.1) is 0 Å². The zero-order valence-corrected chi connectivity index (χ0v) is 22.4. The number of hydrogen-bond donors (Lipinski definition) is 2. The first-order valence-corrected chi connectivity index (χ1v) is 12.5. The van der Waals surface area contributed by atoms with E-state index >= 15 is 0 Å². The maximum absolute atomic E-state index is 13.2. The summed E-state index contributed by atoms with van der Waals surface area (Å²) in [6.45, 7) is 3.01. The summed E-state index contributed by atoms with van der Waals surface area (Å²) in [5.74, 6) is -0.602. The molecule has 1 amide bonds. The third kappa shape index (κ3) is 5.98. The number of rotatable bonds is 7. The number of primary amides is 1. The Balaban J connectivity index is 1.79. The van der Waals surface area contributed by atoms with Crippen LogP contribution in [0.25, 0.3) is 39.3 Å². The van der Waals surface area contributed by atoms with Crippen LogP contribution in [-0.4, -0.2) is 47.8 Å². The molecule has 0 aliphatic rings. The molecule has 0 unspecified atom stereocenters. The number of pyridine rings is 2. The third-order valence-corrected chi connectivity index (χ3v) is 6.16. The minimum absolute atomic E-state index is 0.0579. The van der Waals surface area contributed by atoms with Crippen molar-refractivity contribution < 1.29 is 27.8 Å². The van der Waals surface area contributed by atoms with E-state index in [0.29, 0.717) is 44.3 Å². The Morgan fingerprint density at radius 1 is 1.00 bits per heavy atom. The van der Waals surface area contributed by atoms with E-state index < -0.39 is 23.4 Å². The highest BCUT2D eigenvalue weighted by Crippen LogP contribution is 2.38. The molecule has 210 valence electrons. The predicted octanol–water partition coefficient (Wildman–Crippen LogP) is 5.44. The van der Waals surface area contributed by atoms with Crippen molar-refractivity contribution in [3.8, 4) is 39.5 Å². The molecule has 0 aliphatic heterocycles. The zero-order valence-electron chi connectivity index (χ0n) is 21.6. The molecule has 5 aromatic rings. The Kier molecular flexibility index (Phi) is 7.14. The van der Waals surface area contributed by atoms with Crippen molar-refractivity contribution in [3.05, 3.63) is 83.4 Å². The molecule has 5 rings (SSSR count). The molecule has 0 saturated carbocycles. The number of carbonyl (C=O) groups is 1. The molecule has 4 heterocycles. The van der Waals surface area contributed by atoms with Gasteiger partial charge in [0.2, 0.25) is 5.88 Å². The number of nitrogens with two attached hydrogens (primary N) is 1. The summed E-state index contributed by atoms with van der Waals surface area (Å²) in [6, 6.07) is 13.6. The summed E-state index contributed by atoms with van der Waals surface area (Å²) in [7, 11) is 0. The van der Waals surface area contributed by atoms with Gasteiger partial charge in [-0.3, -0.25) is 14.8 Å². The fourth-order valence-electron chi connectivity index (χ4n) is 4.00. The lowest BCUT2D eigenvalue weighted by Gasteiger charge is -2.18. The van der Waals surface area contributed by atoms with Gasteiger partial charge in [0.25, 0.3) is 5.91 Å². The van der Waals surface area contributed by atoms with E-state index in [4.69, 9.17) is 27.2 Å². The number of fused-ring (bicyclic) bond motifs is 1. The molecule has 0 radical (unpaired) electrons. The van der Waals surface area contributed by atoms with Crippen LogP contribution in [0, 0.1) is 0 Å². The smallest absolute Gasteiger partial charge is 0.433 e. The second-order valence-electron chi connectivity index (χ2n) is 9.77. The highest BCUT2D eigenvalue weighted by molar-refractivity contribution is 6.30. The Labute approximate surface area is 236 Å². The van der Waals surface area contributed by atoms with Crippen LogP contribution < -0.4 is 10.5 Å². The Hall–Kier alpha value is -4.55. The molecule has 0 fully saturated rings. The summed E-state index contributed by atoms with van der Waals surface area (Å²) in [6.07, 6.45) is -2.09. The van der Waals surface area contributed by atoms with Crippen LogP contribution in [0.2, 0.25) is 5.02 Å². The lowest BCUT2D eigenvalue weighted by molar-refractivity contribution is -0.141. The van der Waals surface area contributed by atoms with Crippen molar-refractivity contribution in [1.82, 2.24) is 24.6 Å². The van der Waals surface area contributed by atoms with Gasteiger partial charge in [0.1, 0.15) is 23.7 Å². The molecule has 9 nitrogen and oxygen atoms in total. The first-order valence-electron chi connectivity index (χ1n) is 12.1. The second-order valence-corrected chi connectivity index (χ2v) is 10.2. The van der Waals surface area contributed by atoms with Crippen LogP contribution in [0.5, 0.6) is 5.88 Å². The summed E-state index contributed by atoms with van der Waals surface area (Å²) in [5, 5.41) is 15.5. The molecule has 0 saturated heterocycles.